The van der Waals surface area contributed by atoms with Gasteiger partial charge in [0.05, 0.1) is 0 Å². The first-order valence-electron chi connectivity index (χ1n) is 5.29. The maximum absolute atomic E-state index is 2.41. The van der Waals surface area contributed by atoms with E-state index < -0.39 is 0 Å². The highest BCUT2D eigenvalue weighted by Crippen LogP contribution is 2.44. The van der Waals surface area contributed by atoms with Crippen molar-refractivity contribution < 1.29 is 0 Å². The van der Waals surface area contributed by atoms with E-state index >= 15 is 0 Å². The van der Waals surface area contributed by atoms with E-state index in [2.05, 4.69) is 20.8 Å². The molecule has 1 aliphatic carbocycles. The van der Waals surface area contributed by atoms with Crippen LogP contribution in [0.2, 0.25) is 0 Å². The zero-order valence-electron chi connectivity index (χ0n) is 8.27. The lowest BCUT2D eigenvalue weighted by molar-refractivity contribution is 0.0725. The van der Waals surface area contributed by atoms with Gasteiger partial charge in [0.2, 0.25) is 0 Å². The summed E-state index contributed by atoms with van der Waals surface area (Å²) in [5.41, 5.74) is 0. The van der Waals surface area contributed by atoms with Gasteiger partial charge in [-0.25, -0.2) is 0 Å². The van der Waals surface area contributed by atoms with Crippen LogP contribution in [0.5, 0.6) is 0 Å². The van der Waals surface area contributed by atoms with Crippen molar-refractivity contribution in [3.63, 3.8) is 0 Å². The minimum atomic E-state index is 1.03. The van der Waals surface area contributed by atoms with Gasteiger partial charge in [-0.2, -0.15) is 0 Å². The molecule has 0 aromatic heterocycles. The van der Waals surface area contributed by atoms with Crippen molar-refractivity contribution in [1.82, 2.24) is 0 Å². The average molecular weight is 154 g/mol. The third-order valence-electron chi connectivity index (χ3n) is 3.41. The summed E-state index contributed by atoms with van der Waals surface area (Å²) < 4.78 is 0. The molecular weight excluding hydrogens is 132 g/mol. The van der Waals surface area contributed by atoms with Gasteiger partial charge < -0.3 is 0 Å². The Labute approximate surface area is 71.4 Å². The molecule has 0 N–H and O–H groups in total. The minimum absolute atomic E-state index is 1.03. The van der Waals surface area contributed by atoms with Crippen molar-refractivity contribution >= 4 is 0 Å². The zero-order chi connectivity index (χ0) is 8.27. The largest absolute Gasteiger partial charge is 0.0654 e. The van der Waals surface area contributed by atoms with Gasteiger partial charge in [-0.05, 0) is 24.2 Å². The van der Waals surface area contributed by atoms with Crippen molar-refractivity contribution in [2.75, 3.05) is 0 Å². The smallest absolute Gasteiger partial charge is 0.0362 e. The zero-order valence-corrected chi connectivity index (χ0v) is 8.27. The van der Waals surface area contributed by atoms with Gasteiger partial charge >= 0.3 is 0 Å². The van der Waals surface area contributed by atoms with Crippen LogP contribution < -0.4 is 0 Å². The third-order valence-corrected chi connectivity index (χ3v) is 3.41. The normalized spacial score (nSPS) is 36.8. The van der Waals surface area contributed by atoms with Crippen molar-refractivity contribution in [1.29, 1.82) is 0 Å². The molecule has 0 aromatic carbocycles. The summed E-state index contributed by atoms with van der Waals surface area (Å²) in [6.45, 7) is 7.05. The number of rotatable bonds is 4. The number of unbranched alkanes of at least 4 members (excludes halogenated alkanes) is 1. The molecule has 0 heteroatoms. The molecule has 3 unspecified atom stereocenters. The van der Waals surface area contributed by atoms with Crippen LogP contribution in [0.15, 0.2) is 0 Å². The molecule has 0 aliphatic heterocycles. The molecule has 1 saturated carbocycles. The van der Waals surface area contributed by atoms with Crippen LogP contribution in [0.1, 0.15) is 52.9 Å². The first-order valence-corrected chi connectivity index (χ1v) is 5.29. The van der Waals surface area contributed by atoms with E-state index in [-0.39, 0.29) is 0 Å². The summed E-state index contributed by atoms with van der Waals surface area (Å²) in [4.78, 5) is 0. The second kappa shape index (κ2) is 4.13. The lowest BCUT2D eigenvalue weighted by Crippen LogP contribution is -2.34. The Balaban J connectivity index is 2.16. The fourth-order valence-corrected chi connectivity index (χ4v) is 2.63. The van der Waals surface area contributed by atoms with E-state index in [4.69, 9.17) is 0 Å². The highest BCUT2D eigenvalue weighted by molar-refractivity contribution is 4.85. The van der Waals surface area contributed by atoms with E-state index in [0.29, 0.717) is 0 Å². The minimum Gasteiger partial charge on any atom is -0.0654 e. The summed E-state index contributed by atoms with van der Waals surface area (Å²) in [5.74, 6) is 3.19. The molecule has 1 fully saturated rings. The van der Waals surface area contributed by atoms with E-state index in [9.17, 15) is 0 Å². The van der Waals surface area contributed by atoms with Crippen LogP contribution in [-0.2, 0) is 0 Å². The van der Waals surface area contributed by atoms with Gasteiger partial charge in [-0.15, -0.1) is 0 Å². The van der Waals surface area contributed by atoms with Crippen LogP contribution in [0, 0.1) is 17.8 Å². The molecule has 0 saturated heterocycles. The summed E-state index contributed by atoms with van der Waals surface area (Å²) in [6.07, 6.45) is 7.25. The molecule has 0 nitrogen and oxygen atoms in total. The molecule has 3 atom stereocenters. The highest BCUT2D eigenvalue weighted by atomic mass is 14.4. The van der Waals surface area contributed by atoms with Crippen LogP contribution in [0.4, 0.5) is 0 Å². The monoisotopic (exact) mass is 154 g/mol. The van der Waals surface area contributed by atoms with Crippen LogP contribution in [0.3, 0.4) is 0 Å². The second-order valence-corrected chi connectivity index (χ2v) is 4.19. The maximum atomic E-state index is 2.41. The Bertz CT molecular complexity index is 107. The van der Waals surface area contributed by atoms with Crippen LogP contribution in [0.25, 0.3) is 0 Å². The fourth-order valence-electron chi connectivity index (χ4n) is 2.63. The van der Waals surface area contributed by atoms with Gasteiger partial charge in [-0.3, -0.25) is 0 Å². The molecule has 0 radical (unpaired) electrons. The Morgan fingerprint density at radius 3 is 2.45 bits per heavy atom. The number of hydrogen-bond acceptors (Lipinski definition) is 0. The van der Waals surface area contributed by atoms with Gasteiger partial charge in [-0.1, -0.05) is 46.5 Å². The Hall–Kier alpha value is 0. The van der Waals surface area contributed by atoms with Gasteiger partial charge in [0.25, 0.3) is 0 Å². The summed E-state index contributed by atoms with van der Waals surface area (Å²) in [5, 5.41) is 0. The van der Waals surface area contributed by atoms with Crippen molar-refractivity contribution in [2.45, 2.75) is 52.9 Å². The van der Waals surface area contributed by atoms with Crippen LogP contribution >= 0.6 is 0 Å². The highest BCUT2D eigenvalue weighted by Gasteiger charge is 2.35. The Morgan fingerprint density at radius 1 is 1.27 bits per heavy atom. The lowest BCUT2D eigenvalue weighted by Gasteiger charge is -2.43. The first-order chi connectivity index (χ1) is 5.29. The van der Waals surface area contributed by atoms with Crippen molar-refractivity contribution in [3.05, 3.63) is 0 Å². The second-order valence-electron chi connectivity index (χ2n) is 4.19. The lowest BCUT2D eigenvalue weighted by atomic mass is 9.63. The fraction of sp³-hybridized carbons (Fsp3) is 1.00. The van der Waals surface area contributed by atoms with E-state index in [0.717, 1.165) is 17.8 Å². The predicted molar refractivity (Wildman–Crippen MR) is 50.6 cm³/mol. The molecule has 0 aromatic rings. The molecule has 0 spiro atoms. The molecule has 11 heavy (non-hydrogen) atoms. The first kappa shape index (κ1) is 9.09. The standard InChI is InChI=1S/C11H22/c1-4-6-7-10-8-9(3)11(10)5-2/h9-11H,4-8H2,1-3H3. The van der Waals surface area contributed by atoms with Crippen LogP contribution in [-0.4, -0.2) is 0 Å². The molecule has 1 rings (SSSR count). The molecule has 0 amide bonds. The molecule has 0 bridgehead atoms. The Kier molecular flexibility index (Phi) is 3.42. The van der Waals surface area contributed by atoms with Crippen molar-refractivity contribution in [2.24, 2.45) is 17.8 Å². The molecule has 1 aliphatic rings. The quantitative estimate of drug-likeness (QED) is 0.577. The van der Waals surface area contributed by atoms with E-state index in [1.165, 1.54) is 32.1 Å². The topological polar surface area (TPSA) is 0 Å². The molecular formula is C11H22. The third kappa shape index (κ3) is 1.98. The van der Waals surface area contributed by atoms with Gasteiger partial charge in [0.1, 0.15) is 0 Å². The maximum Gasteiger partial charge on any atom is -0.0362 e. The van der Waals surface area contributed by atoms with E-state index in [1.54, 1.807) is 0 Å². The number of hydrogen-bond donors (Lipinski definition) is 0. The summed E-state index contributed by atoms with van der Waals surface area (Å²) in [7, 11) is 0. The summed E-state index contributed by atoms with van der Waals surface area (Å²) in [6, 6.07) is 0. The molecule has 66 valence electrons. The van der Waals surface area contributed by atoms with Gasteiger partial charge in [0, 0.05) is 0 Å². The van der Waals surface area contributed by atoms with Gasteiger partial charge in [0.15, 0.2) is 0 Å². The molecule has 0 heterocycles. The summed E-state index contributed by atoms with van der Waals surface area (Å²) >= 11 is 0. The SMILES string of the molecule is CCCCC1CC(C)C1CC. The average Bonchev–Trinajstić information content (AvgIpc) is 1.98. The predicted octanol–water partition coefficient (Wildman–Crippen LogP) is 3.86. The Morgan fingerprint density at radius 2 is 2.00 bits per heavy atom. The van der Waals surface area contributed by atoms with Crippen molar-refractivity contribution in [3.8, 4) is 0 Å². The van der Waals surface area contributed by atoms with E-state index in [1.807, 2.05) is 0 Å².